The van der Waals surface area contributed by atoms with E-state index in [4.69, 9.17) is 0 Å². The summed E-state index contributed by atoms with van der Waals surface area (Å²) in [4.78, 5) is 4.48. The number of aryl methyl sites for hydroxylation is 1. The molecule has 126 valence electrons. The monoisotopic (exact) mass is 323 g/mol. The first-order valence-corrected chi connectivity index (χ1v) is 8.70. The third-order valence-electron chi connectivity index (χ3n) is 4.23. The summed E-state index contributed by atoms with van der Waals surface area (Å²) in [6.07, 6.45) is 10.2. The van der Waals surface area contributed by atoms with Gasteiger partial charge in [0.15, 0.2) is 5.82 Å². The van der Waals surface area contributed by atoms with Crippen LogP contribution in [-0.2, 0) is 6.54 Å². The Balaban J connectivity index is 1.49. The van der Waals surface area contributed by atoms with Crippen LogP contribution in [0.15, 0.2) is 42.1 Å². The fraction of sp³-hybridized carbons (Fsp3) is 0.421. The van der Waals surface area contributed by atoms with Gasteiger partial charge in [-0.15, -0.1) is 5.10 Å². The van der Waals surface area contributed by atoms with Gasteiger partial charge in [0.25, 0.3) is 0 Å². The van der Waals surface area contributed by atoms with Gasteiger partial charge in [-0.2, -0.15) is 10.1 Å². The molecule has 1 aromatic carbocycles. The Morgan fingerprint density at radius 3 is 2.96 bits per heavy atom. The zero-order valence-corrected chi connectivity index (χ0v) is 14.3. The number of hydrogen-bond donors (Lipinski definition) is 2. The summed E-state index contributed by atoms with van der Waals surface area (Å²) in [5.41, 5.74) is 4.04. The van der Waals surface area contributed by atoms with Crippen molar-refractivity contribution in [2.45, 2.75) is 45.6 Å². The second-order valence-corrected chi connectivity index (χ2v) is 6.29. The van der Waals surface area contributed by atoms with Crippen LogP contribution in [0.5, 0.6) is 0 Å². The minimum Gasteiger partial charge on any atom is -0.365 e. The van der Waals surface area contributed by atoms with Gasteiger partial charge in [0.05, 0.1) is 6.20 Å². The first-order valence-electron chi connectivity index (χ1n) is 8.70. The van der Waals surface area contributed by atoms with Gasteiger partial charge in [-0.1, -0.05) is 41.5 Å². The van der Waals surface area contributed by atoms with Gasteiger partial charge >= 0.3 is 0 Å². The first kappa shape index (κ1) is 16.4. The van der Waals surface area contributed by atoms with Gasteiger partial charge in [-0.3, -0.25) is 0 Å². The van der Waals surface area contributed by atoms with E-state index < -0.39 is 0 Å². The number of hydrogen-bond acceptors (Lipinski definition) is 5. The van der Waals surface area contributed by atoms with Gasteiger partial charge in [0.2, 0.25) is 5.95 Å². The van der Waals surface area contributed by atoms with E-state index in [0.29, 0.717) is 5.95 Å². The van der Waals surface area contributed by atoms with E-state index in [0.717, 1.165) is 25.3 Å². The van der Waals surface area contributed by atoms with Crippen LogP contribution < -0.4 is 10.6 Å². The predicted octanol–water partition coefficient (Wildman–Crippen LogP) is 4.09. The molecule has 0 fully saturated rings. The van der Waals surface area contributed by atoms with Gasteiger partial charge in [-0.05, 0) is 44.6 Å². The molecule has 2 aromatic rings. The van der Waals surface area contributed by atoms with Crippen molar-refractivity contribution in [3.05, 3.63) is 53.2 Å². The molecule has 1 aromatic heterocycles. The first-order chi connectivity index (χ1) is 11.8. The number of nitrogens with one attached hydrogen (secondary N) is 2. The van der Waals surface area contributed by atoms with Crippen molar-refractivity contribution in [3.63, 3.8) is 0 Å². The number of rotatable bonds is 7. The molecule has 3 rings (SSSR count). The smallest absolute Gasteiger partial charge is 0.244 e. The standard InChI is InChI=1S/C19H25N5/c1-15-6-5-9-17(12-15)13-21-18-14-22-24-19(23-18)20-11-10-16-7-3-2-4-8-16/h5-7,9,12,14H,2-4,8,10-11,13H2,1H3,(H2,20,21,23,24). The van der Waals surface area contributed by atoms with Crippen LogP contribution in [0.3, 0.4) is 0 Å². The summed E-state index contributed by atoms with van der Waals surface area (Å²) in [6.45, 7) is 3.68. The zero-order chi connectivity index (χ0) is 16.6. The number of anilines is 2. The average Bonchev–Trinajstić information content (AvgIpc) is 2.61. The molecule has 0 aliphatic heterocycles. The zero-order valence-electron chi connectivity index (χ0n) is 14.3. The molecule has 5 heteroatoms. The van der Waals surface area contributed by atoms with E-state index in [-0.39, 0.29) is 0 Å². The van der Waals surface area contributed by atoms with E-state index >= 15 is 0 Å². The van der Waals surface area contributed by atoms with Crippen LogP contribution in [0, 0.1) is 6.92 Å². The molecule has 24 heavy (non-hydrogen) atoms. The van der Waals surface area contributed by atoms with Gasteiger partial charge in [0.1, 0.15) is 0 Å². The fourth-order valence-electron chi connectivity index (χ4n) is 2.94. The highest BCUT2D eigenvalue weighted by Gasteiger charge is 2.05. The van der Waals surface area contributed by atoms with E-state index in [1.54, 1.807) is 11.8 Å². The lowest BCUT2D eigenvalue weighted by Crippen LogP contribution is -2.10. The minimum atomic E-state index is 0.584. The molecule has 2 N–H and O–H groups in total. The largest absolute Gasteiger partial charge is 0.365 e. The van der Waals surface area contributed by atoms with Crippen LogP contribution >= 0.6 is 0 Å². The third-order valence-corrected chi connectivity index (χ3v) is 4.23. The molecule has 0 bridgehead atoms. The molecule has 0 spiro atoms. The van der Waals surface area contributed by atoms with Crippen molar-refractivity contribution in [2.75, 3.05) is 17.2 Å². The summed E-state index contributed by atoms with van der Waals surface area (Å²) >= 11 is 0. The van der Waals surface area contributed by atoms with E-state index in [9.17, 15) is 0 Å². The predicted molar refractivity (Wildman–Crippen MR) is 98.0 cm³/mol. The molecule has 0 atom stereocenters. The number of benzene rings is 1. The molecular weight excluding hydrogens is 298 g/mol. The van der Waals surface area contributed by atoms with Crippen molar-refractivity contribution in [3.8, 4) is 0 Å². The highest BCUT2D eigenvalue weighted by molar-refractivity contribution is 5.38. The van der Waals surface area contributed by atoms with Crippen LogP contribution in [0.4, 0.5) is 11.8 Å². The van der Waals surface area contributed by atoms with Gasteiger partial charge in [-0.25, -0.2) is 0 Å². The molecule has 1 heterocycles. The Labute approximate surface area is 143 Å². The number of nitrogens with zero attached hydrogens (tertiary/aromatic N) is 3. The van der Waals surface area contributed by atoms with Crippen molar-refractivity contribution in [2.24, 2.45) is 0 Å². The summed E-state index contributed by atoms with van der Waals surface area (Å²) < 4.78 is 0. The van der Waals surface area contributed by atoms with Crippen LogP contribution in [0.25, 0.3) is 0 Å². The molecule has 0 unspecified atom stereocenters. The Morgan fingerprint density at radius 2 is 2.12 bits per heavy atom. The van der Waals surface area contributed by atoms with Crippen molar-refractivity contribution in [1.29, 1.82) is 0 Å². The third kappa shape index (κ3) is 5.05. The van der Waals surface area contributed by atoms with Gasteiger partial charge in [0, 0.05) is 13.1 Å². The lowest BCUT2D eigenvalue weighted by Gasteiger charge is -2.13. The topological polar surface area (TPSA) is 62.7 Å². The maximum Gasteiger partial charge on any atom is 0.244 e. The number of aromatic nitrogens is 3. The van der Waals surface area contributed by atoms with Crippen LogP contribution in [0.2, 0.25) is 0 Å². The highest BCUT2D eigenvalue weighted by atomic mass is 15.3. The van der Waals surface area contributed by atoms with Crippen molar-refractivity contribution >= 4 is 11.8 Å². The molecule has 1 aliphatic carbocycles. The highest BCUT2D eigenvalue weighted by Crippen LogP contribution is 2.19. The van der Waals surface area contributed by atoms with E-state index in [1.165, 1.54) is 36.8 Å². The van der Waals surface area contributed by atoms with Gasteiger partial charge < -0.3 is 10.6 Å². The summed E-state index contributed by atoms with van der Waals surface area (Å²) in [5, 5.41) is 14.7. The normalized spacial score (nSPS) is 14.1. The molecule has 1 aliphatic rings. The summed E-state index contributed by atoms with van der Waals surface area (Å²) in [6, 6.07) is 8.43. The summed E-state index contributed by atoms with van der Waals surface area (Å²) in [7, 11) is 0. The molecule has 0 amide bonds. The summed E-state index contributed by atoms with van der Waals surface area (Å²) in [5.74, 6) is 1.33. The number of allylic oxidation sites excluding steroid dienone is 1. The Kier molecular flexibility index (Phi) is 5.77. The van der Waals surface area contributed by atoms with Crippen molar-refractivity contribution in [1.82, 2.24) is 15.2 Å². The molecule has 0 saturated carbocycles. The lowest BCUT2D eigenvalue weighted by atomic mass is 9.97. The fourth-order valence-corrected chi connectivity index (χ4v) is 2.94. The quantitative estimate of drug-likeness (QED) is 0.751. The Hall–Kier alpha value is -2.43. The Morgan fingerprint density at radius 1 is 1.17 bits per heavy atom. The molecular formula is C19H25N5. The van der Waals surface area contributed by atoms with E-state index in [2.05, 4.69) is 63.1 Å². The second kappa shape index (κ2) is 8.43. The minimum absolute atomic E-state index is 0.584. The Bertz CT molecular complexity index is 696. The van der Waals surface area contributed by atoms with E-state index in [1.807, 2.05) is 0 Å². The van der Waals surface area contributed by atoms with Crippen molar-refractivity contribution < 1.29 is 0 Å². The van der Waals surface area contributed by atoms with Crippen LogP contribution in [0.1, 0.15) is 43.2 Å². The SMILES string of the molecule is Cc1cccc(CNc2cnnc(NCCC3=CCCCC3)n2)c1. The molecule has 0 saturated heterocycles. The van der Waals surface area contributed by atoms with Crippen LogP contribution in [-0.4, -0.2) is 21.7 Å². The molecule has 5 nitrogen and oxygen atoms in total. The molecule has 0 radical (unpaired) electrons. The lowest BCUT2D eigenvalue weighted by molar-refractivity contribution is 0.678. The second-order valence-electron chi connectivity index (χ2n) is 6.29. The maximum atomic E-state index is 4.48. The average molecular weight is 323 g/mol. The maximum absolute atomic E-state index is 4.48.